The molecule has 0 aromatic heterocycles. The van der Waals surface area contributed by atoms with E-state index >= 15 is 0 Å². The zero-order valence-corrected chi connectivity index (χ0v) is 11.1. The number of rotatable bonds is 5. The van der Waals surface area contributed by atoms with E-state index in [2.05, 4.69) is 26.0 Å². The molecule has 1 aliphatic rings. The van der Waals surface area contributed by atoms with Gasteiger partial charge in [-0.3, -0.25) is 4.79 Å². The summed E-state index contributed by atoms with van der Waals surface area (Å²) >= 11 is 0. The summed E-state index contributed by atoms with van der Waals surface area (Å²) in [5.74, 6) is 0.0567. The molecule has 3 heteroatoms. The molecule has 0 bridgehead atoms. The Balaban J connectivity index is 2.68. The van der Waals surface area contributed by atoms with Gasteiger partial charge in [-0.15, -0.1) is 0 Å². The molecular weight excluding hydrogens is 216 g/mol. The second-order valence-corrected chi connectivity index (χ2v) is 5.16. The Morgan fingerprint density at radius 1 is 1.47 bits per heavy atom. The number of ether oxygens (including phenoxy) is 1. The molecule has 0 spiro atoms. The van der Waals surface area contributed by atoms with E-state index in [1.165, 1.54) is 7.11 Å². The third-order valence-electron chi connectivity index (χ3n) is 4.08. The summed E-state index contributed by atoms with van der Waals surface area (Å²) in [5.41, 5.74) is -0.181. The molecule has 1 N–H and O–H groups in total. The van der Waals surface area contributed by atoms with Crippen molar-refractivity contribution in [2.45, 2.75) is 52.1 Å². The van der Waals surface area contributed by atoms with Gasteiger partial charge in [-0.25, -0.2) is 0 Å². The van der Waals surface area contributed by atoms with Crippen LogP contribution in [-0.2, 0) is 9.53 Å². The first-order valence-corrected chi connectivity index (χ1v) is 6.44. The quantitative estimate of drug-likeness (QED) is 0.593. The van der Waals surface area contributed by atoms with E-state index in [1.54, 1.807) is 0 Å². The molecule has 0 radical (unpaired) electrons. The molecule has 1 fully saturated rings. The Hall–Kier alpha value is -0.830. The molecule has 0 saturated heterocycles. The Morgan fingerprint density at radius 2 is 2.18 bits per heavy atom. The molecule has 0 unspecified atom stereocenters. The largest absolute Gasteiger partial charge is 0.469 e. The van der Waals surface area contributed by atoms with Gasteiger partial charge in [-0.05, 0) is 31.6 Å². The lowest BCUT2D eigenvalue weighted by Gasteiger charge is -2.33. The fourth-order valence-corrected chi connectivity index (χ4v) is 2.72. The predicted molar refractivity (Wildman–Crippen MR) is 67.5 cm³/mol. The number of aliphatic hydroxyl groups excluding tert-OH is 1. The van der Waals surface area contributed by atoms with E-state index in [1.807, 2.05) is 0 Å². The number of methoxy groups -OCH3 is 1. The van der Waals surface area contributed by atoms with Crippen molar-refractivity contribution in [1.29, 1.82) is 0 Å². The van der Waals surface area contributed by atoms with Crippen molar-refractivity contribution in [3.63, 3.8) is 0 Å². The van der Waals surface area contributed by atoms with Crippen molar-refractivity contribution in [3.05, 3.63) is 12.2 Å². The fourth-order valence-electron chi connectivity index (χ4n) is 2.72. The van der Waals surface area contributed by atoms with Crippen LogP contribution in [0.1, 0.15) is 46.0 Å². The summed E-state index contributed by atoms with van der Waals surface area (Å²) in [4.78, 5) is 11.4. The molecule has 3 nitrogen and oxygen atoms in total. The lowest BCUT2D eigenvalue weighted by atomic mass is 9.74. The first-order chi connectivity index (χ1) is 8.04. The maximum atomic E-state index is 11.4. The van der Waals surface area contributed by atoms with Gasteiger partial charge in [0.2, 0.25) is 0 Å². The van der Waals surface area contributed by atoms with Crippen LogP contribution in [-0.4, -0.2) is 24.3 Å². The summed E-state index contributed by atoms with van der Waals surface area (Å²) in [6.45, 7) is 4.17. The first-order valence-electron chi connectivity index (χ1n) is 6.44. The summed E-state index contributed by atoms with van der Waals surface area (Å²) in [6, 6.07) is 0. The molecule has 0 heterocycles. The highest BCUT2D eigenvalue weighted by Crippen LogP contribution is 2.47. The molecule has 0 aromatic carbocycles. The van der Waals surface area contributed by atoms with Crippen LogP contribution in [0.2, 0.25) is 0 Å². The summed E-state index contributed by atoms with van der Waals surface area (Å²) < 4.78 is 4.73. The van der Waals surface area contributed by atoms with Crippen LogP contribution in [0.25, 0.3) is 0 Å². The number of hydrogen-bond acceptors (Lipinski definition) is 3. The number of aliphatic hydroxyl groups is 1. The van der Waals surface area contributed by atoms with Crippen molar-refractivity contribution in [1.82, 2.24) is 0 Å². The average Bonchev–Trinajstić information content (AvgIpc) is 2.58. The van der Waals surface area contributed by atoms with Gasteiger partial charge in [0.1, 0.15) is 0 Å². The zero-order chi connectivity index (χ0) is 12.9. The molecule has 0 aliphatic heterocycles. The first kappa shape index (κ1) is 14.2. The Kier molecular flexibility index (Phi) is 5.19. The van der Waals surface area contributed by atoms with Crippen LogP contribution in [0.15, 0.2) is 12.2 Å². The van der Waals surface area contributed by atoms with E-state index in [0.29, 0.717) is 6.42 Å². The predicted octanol–water partition coefficient (Wildman–Crippen LogP) is 2.68. The molecule has 1 aliphatic carbocycles. The number of carbonyl (C=O) groups is 1. The zero-order valence-electron chi connectivity index (χ0n) is 11.1. The number of esters is 1. The second-order valence-electron chi connectivity index (χ2n) is 5.16. The summed E-state index contributed by atoms with van der Waals surface area (Å²) in [5, 5.41) is 10.1. The van der Waals surface area contributed by atoms with E-state index in [9.17, 15) is 9.90 Å². The highest BCUT2D eigenvalue weighted by Gasteiger charge is 2.45. The molecule has 98 valence electrons. The highest BCUT2D eigenvalue weighted by molar-refractivity contribution is 5.69. The summed E-state index contributed by atoms with van der Waals surface area (Å²) in [7, 11) is 1.42. The van der Waals surface area contributed by atoms with Gasteiger partial charge in [0.25, 0.3) is 0 Å². The molecule has 3 atom stereocenters. The number of hydrogen-bond donors (Lipinski definition) is 1. The van der Waals surface area contributed by atoms with E-state index in [4.69, 9.17) is 4.74 Å². The molecular formula is C14H24O3. The van der Waals surface area contributed by atoms with Gasteiger partial charge >= 0.3 is 5.97 Å². The number of carbonyl (C=O) groups excluding carboxylic acids is 1. The molecule has 1 saturated carbocycles. The maximum absolute atomic E-state index is 11.4. The van der Waals surface area contributed by atoms with E-state index in [-0.39, 0.29) is 23.4 Å². The van der Waals surface area contributed by atoms with Crippen LogP contribution in [0.4, 0.5) is 0 Å². The Bertz CT molecular complexity index is 285. The van der Waals surface area contributed by atoms with E-state index < -0.39 is 0 Å². The average molecular weight is 240 g/mol. The topological polar surface area (TPSA) is 46.5 Å². The van der Waals surface area contributed by atoms with Gasteiger partial charge in [-0.2, -0.15) is 0 Å². The lowest BCUT2D eigenvalue weighted by Crippen LogP contribution is -2.33. The Labute approximate surface area is 104 Å². The standard InChI is InChI=1S/C14H24O3/c1-4-5-6-9-14(2)11(7-8-12(14)15)10-13(16)17-3/h5-6,11-12,15H,4,7-10H2,1-3H3/b6-5-/t11-,12+,14+/m1/s1. The second kappa shape index (κ2) is 6.20. The fraction of sp³-hybridized carbons (Fsp3) is 0.786. The van der Waals surface area contributed by atoms with Crippen molar-refractivity contribution in [3.8, 4) is 0 Å². The van der Waals surface area contributed by atoms with Crippen molar-refractivity contribution in [2.24, 2.45) is 11.3 Å². The molecule has 1 rings (SSSR count). The highest BCUT2D eigenvalue weighted by atomic mass is 16.5. The Morgan fingerprint density at radius 3 is 2.76 bits per heavy atom. The van der Waals surface area contributed by atoms with Gasteiger partial charge in [0.15, 0.2) is 0 Å². The van der Waals surface area contributed by atoms with Crippen molar-refractivity contribution >= 4 is 5.97 Å². The molecule has 0 amide bonds. The summed E-state index contributed by atoms with van der Waals surface area (Å²) in [6.07, 6.45) is 7.90. The minimum Gasteiger partial charge on any atom is -0.469 e. The van der Waals surface area contributed by atoms with Gasteiger partial charge in [0, 0.05) is 11.8 Å². The maximum Gasteiger partial charge on any atom is 0.305 e. The van der Waals surface area contributed by atoms with Crippen molar-refractivity contribution in [2.75, 3.05) is 7.11 Å². The van der Waals surface area contributed by atoms with Gasteiger partial charge in [0.05, 0.1) is 13.2 Å². The third kappa shape index (κ3) is 3.32. The monoisotopic (exact) mass is 240 g/mol. The van der Waals surface area contributed by atoms with Crippen molar-refractivity contribution < 1.29 is 14.6 Å². The van der Waals surface area contributed by atoms with Crippen LogP contribution in [0.3, 0.4) is 0 Å². The SMILES string of the molecule is CC/C=C\C[C@@]1(C)[C@@H](CC(=O)OC)CC[C@@H]1O. The molecule has 17 heavy (non-hydrogen) atoms. The van der Waals surface area contributed by atoms with Crippen LogP contribution >= 0.6 is 0 Å². The van der Waals surface area contributed by atoms with Crippen LogP contribution in [0, 0.1) is 11.3 Å². The molecule has 0 aromatic rings. The van der Waals surface area contributed by atoms with Crippen LogP contribution < -0.4 is 0 Å². The number of allylic oxidation sites excluding steroid dienone is 2. The van der Waals surface area contributed by atoms with Gasteiger partial charge < -0.3 is 9.84 Å². The lowest BCUT2D eigenvalue weighted by molar-refractivity contribution is -0.142. The van der Waals surface area contributed by atoms with Crippen LogP contribution in [0.5, 0.6) is 0 Å². The minimum absolute atomic E-state index is 0.171. The normalized spacial score (nSPS) is 33.2. The van der Waals surface area contributed by atoms with E-state index in [0.717, 1.165) is 25.7 Å². The smallest absolute Gasteiger partial charge is 0.305 e. The van der Waals surface area contributed by atoms with Gasteiger partial charge in [-0.1, -0.05) is 26.0 Å². The third-order valence-corrected chi connectivity index (χ3v) is 4.08. The minimum atomic E-state index is -0.307.